The van der Waals surface area contributed by atoms with Crippen LogP contribution in [0, 0.1) is 11.7 Å². The van der Waals surface area contributed by atoms with Gasteiger partial charge in [-0.1, -0.05) is 24.3 Å². The van der Waals surface area contributed by atoms with Crippen LogP contribution < -0.4 is 41.1 Å². The highest BCUT2D eigenvalue weighted by Crippen LogP contribution is 2.43. The summed E-state index contributed by atoms with van der Waals surface area (Å²) >= 11 is 3.59. The number of carbonyl (C=O) groups is 3. The number of rotatable bonds is 14. The van der Waals surface area contributed by atoms with Gasteiger partial charge >= 0.3 is 0 Å². The van der Waals surface area contributed by atoms with Crippen LogP contribution in [-0.4, -0.2) is 120 Å². The lowest BCUT2D eigenvalue weighted by Crippen LogP contribution is -2.52. The van der Waals surface area contributed by atoms with Crippen molar-refractivity contribution < 1.29 is 28.1 Å². The van der Waals surface area contributed by atoms with Gasteiger partial charge in [0.25, 0.3) is 5.91 Å². The van der Waals surface area contributed by atoms with Crippen LogP contribution in [-0.2, 0) is 21.2 Å². The molecule has 0 aliphatic carbocycles. The summed E-state index contributed by atoms with van der Waals surface area (Å²) in [6, 6.07) is 18.8. The van der Waals surface area contributed by atoms with E-state index in [0.717, 1.165) is 74.7 Å². The zero-order chi connectivity index (χ0) is 48.4. The van der Waals surface area contributed by atoms with Crippen molar-refractivity contribution in [2.45, 2.75) is 25.3 Å². The normalized spacial score (nSPS) is 17.7. The lowest BCUT2D eigenvalue weighted by molar-refractivity contribution is -0.134. The monoisotopic (exact) mass is 1020 g/mol. The molecule has 3 aromatic heterocycles. The third kappa shape index (κ3) is 10.8. The lowest BCUT2D eigenvalue weighted by Gasteiger charge is -2.38. The Morgan fingerprint density at radius 3 is 2.42 bits per heavy atom. The van der Waals surface area contributed by atoms with E-state index in [0.29, 0.717) is 55.7 Å². The van der Waals surface area contributed by atoms with E-state index in [-0.39, 0.29) is 30.3 Å². The molecule has 69 heavy (non-hydrogen) atoms. The molecule has 1 unspecified atom stereocenters. The second-order valence-corrected chi connectivity index (χ2v) is 22.0. The first-order chi connectivity index (χ1) is 33.2. The quantitative estimate of drug-likeness (QED) is 0.0661. The van der Waals surface area contributed by atoms with Gasteiger partial charge in [-0.2, -0.15) is 10.1 Å². The highest BCUT2D eigenvalue weighted by atomic mass is 79.9. The van der Waals surface area contributed by atoms with Crippen molar-refractivity contribution >= 4 is 80.6 Å². The molecule has 358 valence electrons. The van der Waals surface area contributed by atoms with Gasteiger partial charge < -0.3 is 35.1 Å². The largest absolute Gasteiger partial charge is 0.494 e. The molecule has 0 spiro atoms. The fourth-order valence-corrected chi connectivity index (χ4v) is 10.6. The average Bonchev–Trinajstić information content (AvgIpc) is 4.00. The summed E-state index contributed by atoms with van der Waals surface area (Å²) in [5.74, 6) is 0.174. The SMILES string of the molecule is COc1cc(N2CCN(C[C@H]3CCN(c4ccc(C(=O)NC5CCC(=O)NC5=O)nc4)C3)CC2)c(-c2cnn(C)c2)cc1Nc1ncc(Br)c(Nc2ccc(-c3ccccc3F)cc2P(C)(C)=O)n1. The van der Waals surface area contributed by atoms with Crippen molar-refractivity contribution in [3.8, 4) is 28.0 Å². The number of ether oxygens (including phenoxy) is 1. The highest BCUT2D eigenvalue weighted by molar-refractivity contribution is 9.10. The van der Waals surface area contributed by atoms with Crippen LogP contribution in [0.25, 0.3) is 22.3 Å². The van der Waals surface area contributed by atoms with Crippen LogP contribution in [0.1, 0.15) is 29.8 Å². The van der Waals surface area contributed by atoms with Crippen molar-refractivity contribution in [2.24, 2.45) is 13.0 Å². The van der Waals surface area contributed by atoms with Gasteiger partial charge in [-0.15, -0.1) is 0 Å². The molecule has 0 bridgehead atoms. The Hall–Kier alpha value is -6.69. The van der Waals surface area contributed by atoms with Crippen molar-refractivity contribution in [1.82, 2.24) is 40.3 Å². The van der Waals surface area contributed by atoms with Gasteiger partial charge in [-0.05, 0) is 90.0 Å². The van der Waals surface area contributed by atoms with Crippen LogP contribution in [0.2, 0.25) is 0 Å². The lowest BCUT2D eigenvalue weighted by atomic mass is 10.0. The number of nitrogens with one attached hydrogen (secondary N) is 4. The van der Waals surface area contributed by atoms with Gasteiger partial charge in [0.1, 0.15) is 36.3 Å². The van der Waals surface area contributed by atoms with Gasteiger partial charge in [0.2, 0.25) is 17.8 Å². The Balaban J connectivity index is 0.861. The molecular weight excluding hydrogens is 966 g/mol. The number of nitrogens with zero attached hydrogens (tertiary/aromatic N) is 8. The highest BCUT2D eigenvalue weighted by Gasteiger charge is 2.31. The molecule has 20 heteroatoms. The number of aryl methyl sites for hydroxylation is 1. The first-order valence-corrected chi connectivity index (χ1v) is 26.1. The van der Waals surface area contributed by atoms with Gasteiger partial charge in [0.15, 0.2) is 0 Å². The first kappa shape index (κ1) is 47.4. The third-order valence-corrected chi connectivity index (χ3v) is 14.9. The van der Waals surface area contributed by atoms with Gasteiger partial charge in [0.05, 0.1) is 41.0 Å². The zero-order valence-electron chi connectivity index (χ0n) is 38.7. The van der Waals surface area contributed by atoms with Crippen molar-refractivity contribution in [3.05, 3.63) is 108 Å². The number of methoxy groups -OCH3 is 1. The molecule has 3 fully saturated rings. The minimum atomic E-state index is -2.85. The molecule has 3 saturated heterocycles. The van der Waals surface area contributed by atoms with Crippen LogP contribution in [0.3, 0.4) is 0 Å². The molecular formula is C49H53BrFN12O5P. The number of aromatic nitrogens is 5. The summed E-state index contributed by atoms with van der Waals surface area (Å²) < 4.78 is 36.8. The van der Waals surface area contributed by atoms with E-state index in [1.165, 1.54) is 6.07 Å². The molecule has 3 aromatic carbocycles. The Morgan fingerprint density at radius 1 is 0.899 bits per heavy atom. The Labute approximate surface area is 407 Å². The van der Waals surface area contributed by atoms with Crippen molar-refractivity contribution in [3.63, 3.8) is 0 Å². The number of halogens is 2. The van der Waals surface area contributed by atoms with E-state index in [2.05, 4.69) is 73.0 Å². The summed E-state index contributed by atoms with van der Waals surface area (Å²) in [4.78, 5) is 57.4. The molecule has 4 N–H and O–H groups in total. The second kappa shape index (κ2) is 20.1. The first-order valence-electron chi connectivity index (χ1n) is 22.7. The Bertz CT molecular complexity index is 2960. The van der Waals surface area contributed by atoms with E-state index in [9.17, 15) is 23.3 Å². The maximum Gasteiger partial charge on any atom is 0.270 e. The zero-order valence-corrected chi connectivity index (χ0v) is 41.2. The molecule has 17 nitrogen and oxygen atoms in total. The number of pyridine rings is 1. The minimum absolute atomic E-state index is 0.184. The van der Waals surface area contributed by atoms with Crippen LogP contribution in [0.5, 0.6) is 5.75 Å². The van der Waals surface area contributed by atoms with Gasteiger partial charge in [-0.25, -0.2) is 14.4 Å². The number of carbonyl (C=O) groups excluding carboxylic acids is 3. The molecule has 2 atom stereocenters. The number of anilines is 6. The fourth-order valence-electron chi connectivity index (χ4n) is 9.12. The number of benzene rings is 3. The van der Waals surface area contributed by atoms with E-state index in [4.69, 9.17) is 9.72 Å². The molecule has 6 aromatic rings. The number of amides is 3. The molecule has 3 amide bonds. The number of piperazine rings is 1. The van der Waals surface area contributed by atoms with Gasteiger partial charge in [0, 0.05) is 105 Å². The summed E-state index contributed by atoms with van der Waals surface area (Å²) in [5.41, 5.74) is 6.39. The average molecular weight is 1020 g/mol. The fraction of sp³-hybridized carbons (Fsp3) is 0.327. The maximum atomic E-state index is 14.8. The Morgan fingerprint density at radius 2 is 1.71 bits per heavy atom. The molecule has 0 saturated carbocycles. The number of hydrogen-bond acceptors (Lipinski definition) is 14. The standard InChI is InChI=1S/C49H53BrFN12O5P/c1-60-29-32(24-54-60)35-22-41(57-49-53-26-36(50)46(59-49)55-38-11-9-31(21-44(38)69(3,4)67)34-7-5-6-8-37(34)51)43(68-2)23-42(35)62-19-17-61(18-20-62)27-30-15-16-63(28-30)33-10-12-39(52-25-33)47(65)56-40-13-14-45(64)58-48(40)66/h5-12,21-26,29-30,40H,13-20,27-28H2,1-4H3,(H,56,65)(H,58,64,66)(H2,53,55,57,59)/t30-,40?/m1/s1. The predicted octanol–water partition coefficient (Wildman–Crippen LogP) is 6.77. The predicted molar refractivity (Wildman–Crippen MR) is 269 cm³/mol. The van der Waals surface area contributed by atoms with Gasteiger partial charge in [-0.3, -0.25) is 29.3 Å². The van der Waals surface area contributed by atoms with E-state index >= 15 is 0 Å². The van der Waals surface area contributed by atoms with E-state index < -0.39 is 25.0 Å². The smallest absolute Gasteiger partial charge is 0.270 e. The van der Waals surface area contributed by atoms with Crippen LogP contribution >= 0.6 is 23.1 Å². The maximum absolute atomic E-state index is 14.8. The number of imide groups is 1. The topological polar surface area (TPSA) is 192 Å². The summed E-state index contributed by atoms with van der Waals surface area (Å²) in [7, 11) is 0.683. The van der Waals surface area contributed by atoms with E-state index in [1.807, 2.05) is 31.6 Å². The summed E-state index contributed by atoms with van der Waals surface area (Å²) in [6.45, 7) is 9.48. The minimum Gasteiger partial charge on any atom is -0.494 e. The second-order valence-electron chi connectivity index (χ2n) is 17.9. The molecule has 6 heterocycles. The summed E-state index contributed by atoms with van der Waals surface area (Å²) in [6.07, 6.45) is 8.68. The third-order valence-electron chi connectivity index (χ3n) is 12.7. The Kier molecular flexibility index (Phi) is 13.8. The van der Waals surface area contributed by atoms with E-state index in [1.54, 1.807) is 80.0 Å². The molecule has 9 rings (SSSR count). The molecule has 3 aliphatic rings. The van der Waals surface area contributed by atoms with Crippen LogP contribution in [0.4, 0.5) is 38.9 Å². The molecule has 3 aliphatic heterocycles. The molecule has 0 radical (unpaired) electrons. The summed E-state index contributed by atoms with van der Waals surface area (Å²) in [5, 5.41) is 16.7. The van der Waals surface area contributed by atoms with Crippen molar-refractivity contribution in [2.75, 3.05) is 86.7 Å². The number of piperidine rings is 1. The van der Waals surface area contributed by atoms with Crippen LogP contribution in [0.15, 0.2) is 96.0 Å². The number of hydrogen-bond donors (Lipinski definition) is 4. The van der Waals surface area contributed by atoms with Crippen molar-refractivity contribution in [1.29, 1.82) is 0 Å².